The summed E-state index contributed by atoms with van der Waals surface area (Å²) in [6.45, 7) is 2.10. The first-order chi connectivity index (χ1) is 21.3. The van der Waals surface area contributed by atoms with Crippen LogP contribution in [-0.2, 0) is 14.3 Å². The van der Waals surface area contributed by atoms with E-state index in [0.29, 0.717) is 40.5 Å². The number of nitrogens with zero attached hydrogens (tertiary/aromatic N) is 2. The third-order valence-corrected chi connectivity index (χ3v) is 6.68. The Morgan fingerprint density at radius 1 is 1.11 bits per heavy atom. The molecular formula is C32H36ClN7O4. The van der Waals surface area contributed by atoms with E-state index in [1.165, 1.54) is 24.5 Å². The molecule has 0 radical (unpaired) electrons. The van der Waals surface area contributed by atoms with Crippen LogP contribution in [0.3, 0.4) is 0 Å². The van der Waals surface area contributed by atoms with E-state index in [1.807, 2.05) is 30.3 Å². The number of ether oxygens (including phenoxy) is 1. The SMILES string of the molecule is CCC/C=C/CC(NC(=O)/C=C/c1cc(Cl)ccc1N(N)/C=N\N)c1cccc(-c2ccc(NC(=O)OC)cc2NC=O)c1. The molecule has 0 spiro atoms. The third-order valence-electron chi connectivity index (χ3n) is 6.45. The normalized spacial score (nSPS) is 11.9. The van der Waals surface area contributed by atoms with Crippen molar-refractivity contribution >= 4 is 59.5 Å². The number of methoxy groups -OCH3 is 1. The van der Waals surface area contributed by atoms with E-state index < -0.39 is 6.09 Å². The number of rotatable bonds is 14. The molecule has 0 aromatic heterocycles. The van der Waals surface area contributed by atoms with Crippen molar-refractivity contribution in [3.63, 3.8) is 0 Å². The number of nitrogens with two attached hydrogens (primary N) is 2. The summed E-state index contributed by atoms with van der Waals surface area (Å²) < 4.78 is 4.66. The van der Waals surface area contributed by atoms with Crippen molar-refractivity contribution in [3.8, 4) is 11.1 Å². The monoisotopic (exact) mass is 617 g/mol. The summed E-state index contributed by atoms with van der Waals surface area (Å²) in [5.41, 5.74) is 4.47. The number of anilines is 3. The molecule has 7 N–H and O–H groups in total. The Balaban J connectivity index is 1.92. The van der Waals surface area contributed by atoms with Gasteiger partial charge in [0.15, 0.2) is 0 Å². The molecule has 0 aliphatic rings. The molecule has 230 valence electrons. The first kappa shape index (κ1) is 33.4. The number of halogens is 1. The van der Waals surface area contributed by atoms with E-state index in [9.17, 15) is 14.4 Å². The van der Waals surface area contributed by atoms with Gasteiger partial charge in [-0.1, -0.05) is 61.4 Å². The van der Waals surface area contributed by atoms with Gasteiger partial charge >= 0.3 is 6.09 Å². The minimum Gasteiger partial charge on any atom is -0.453 e. The van der Waals surface area contributed by atoms with Gasteiger partial charge in [-0.3, -0.25) is 19.9 Å². The molecule has 0 heterocycles. The van der Waals surface area contributed by atoms with Crippen molar-refractivity contribution in [1.82, 2.24) is 5.32 Å². The van der Waals surface area contributed by atoms with Gasteiger partial charge in [0.2, 0.25) is 12.3 Å². The highest BCUT2D eigenvalue weighted by Gasteiger charge is 2.15. The molecule has 11 nitrogen and oxygen atoms in total. The minimum atomic E-state index is -0.628. The molecule has 44 heavy (non-hydrogen) atoms. The number of hydrogen-bond acceptors (Lipinski definition) is 7. The molecule has 0 saturated carbocycles. The number of carbonyl (C=O) groups is 3. The van der Waals surface area contributed by atoms with Gasteiger partial charge in [-0.25, -0.2) is 10.6 Å². The lowest BCUT2D eigenvalue weighted by Crippen LogP contribution is -2.30. The molecule has 0 fully saturated rings. The third kappa shape index (κ3) is 9.72. The van der Waals surface area contributed by atoms with Crippen LogP contribution in [0.5, 0.6) is 0 Å². The molecule has 3 rings (SSSR count). The molecule has 1 atom stereocenters. The van der Waals surface area contributed by atoms with Gasteiger partial charge in [0.1, 0.15) is 6.34 Å². The van der Waals surface area contributed by atoms with E-state index in [4.69, 9.17) is 23.3 Å². The van der Waals surface area contributed by atoms with Crippen LogP contribution in [-0.4, -0.2) is 31.9 Å². The molecule has 0 aliphatic carbocycles. The number of hydrogen-bond donors (Lipinski definition) is 5. The van der Waals surface area contributed by atoms with Gasteiger partial charge in [0.05, 0.1) is 24.5 Å². The zero-order chi connectivity index (χ0) is 31.9. The number of carbonyl (C=O) groups excluding carboxylic acids is 3. The standard InChI is InChI=1S/C32H36ClN7O4/c1-3-4-5-6-10-28(39-31(42)16-11-24-18-25(33)12-15-30(24)40(35)20-37-34)23-9-7-8-22(17-23)27-14-13-26(38-32(43)44-2)19-29(27)36-21-41/h5-9,11-21,28H,3-4,10,34-35H2,1-2H3,(H,36,41)(H,38,43)(H,39,42)/b6-5+,16-11+,37-20-. The quantitative estimate of drug-likeness (QED) is 0.0283. The number of allylic oxidation sites excluding steroid dienone is 1. The molecule has 0 bridgehead atoms. The van der Waals surface area contributed by atoms with Gasteiger partial charge in [0.25, 0.3) is 0 Å². The summed E-state index contributed by atoms with van der Waals surface area (Å²) in [5, 5.41) is 13.5. The second-order valence-electron chi connectivity index (χ2n) is 9.53. The average Bonchev–Trinajstić information content (AvgIpc) is 3.02. The van der Waals surface area contributed by atoms with E-state index in [-0.39, 0.29) is 11.9 Å². The smallest absolute Gasteiger partial charge is 0.411 e. The van der Waals surface area contributed by atoms with Crippen LogP contribution in [0, 0.1) is 0 Å². The highest BCUT2D eigenvalue weighted by atomic mass is 35.5. The summed E-state index contributed by atoms with van der Waals surface area (Å²) >= 11 is 6.19. The molecule has 0 saturated heterocycles. The van der Waals surface area contributed by atoms with Crippen LogP contribution in [0.2, 0.25) is 5.02 Å². The van der Waals surface area contributed by atoms with Crippen molar-refractivity contribution < 1.29 is 19.1 Å². The summed E-state index contributed by atoms with van der Waals surface area (Å²) in [6, 6.07) is 17.5. The Bertz CT molecular complexity index is 1540. The first-order valence-corrected chi connectivity index (χ1v) is 14.2. The summed E-state index contributed by atoms with van der Waals surface area (Å²) in [6.07, 6.45) is 10.8. The first-order valence-electron chi connectivity index (χ1n) is 13.8. The number of benzene rings is 3. The van der Waals surface area contributed by atoms with Crippen molar-refractivity contribution in [2.75, 3.05) is 22.8 Å². The van der Waals surface area contributed by atoms with Gasteiger partial charge < -0.3 is 21.2 Å². The van der Waals surface area contributed by atoms with Crippen LogP contribution < -0.4 is 32.6 Å². The maximum Gasteiger partial charge on any atom is 0.411 e. The van der Waals surface area contributed by atoms with Gasteiger partial charge in [-0.15, -0.1) is 0 Å². The average molecular weight is 618 g/mol. The van der Waals surface area contributed by atoms with E-state index in [1.54, 1.807) is 42.5 Å². The lowest BCUT2D eigenvalue weighted by molar-refractivity contribution is -0.117. The second kappa shape index (κ2) is 17.1. The fourth-order valence-corrected chi connectivity index (χ4v) is 4.54. The van der Waals surface area contributed by atoms with Gasteiger partial charge in [-0.2, -0.15) is 5.10 Å². The van der Waals surface area contributed by atoms with Gasteiger partial charge in [-0.05, 0) is 66.4 Å². The Hall–Kier alpha value is -5.13. The Morgan fingerprint density at radius 3 is 2.66 bits per heavy atom. The maximum absolute atomic E-state index is 13.2. The van der Waals surface area contributed by atoms with Gasteiger partial charge in [0, 0.05) is 27.9 Å². The lowest BCUT2D eigenvalue weighted by Gasteiger charge is -2.19. The predicted octanol–water partition coefficient (Wildman–Crippen LogP) is 5.95. The lowest BCUT2D eigenvalue weighted by atomic mass is 9.96. The maximum atomic E-state index is 13.2. The topological polar surface area (TPSA) is 164 Å². The summed E-state index contributed by atoms with van der Waals surface area (Å²) in [4.78, 5) is 36.2. The van der Waals surface area contributed by atoms with E-state index >= 15 is 0 Å². The van der Waals surface area contributed by atoms with Crippen LogP contribution in [0.25, 0.3) is 17.2 Å². The molecule has 1 unspecified atom stereocenters. The largest absolute Gasteiger partial charge is 0.453 e. The van der Waals surface area contributed by atoms with Crippen molar-refractivity contribution in [1.29, 1.82) is 0 Å². The van der Waals surface area contributed by atoms with Crippen molar-refractivity contribution in [3.05, 3.63) is 95.0 Å². The van der Waals surface area contributed by atoms with Crippen LogP contribution in [0.15, 0.2) is 84.0 Å². The highest BCUT2D eigenvalue weighted by Crippen LogP contribution is 2.33. The Labute approximate surface area is 261 Å². The number of hydrazine groups is 1. The fourth-order valence-electron chi connectivity index (χ4n) is 4.36. The van der Waals surface area contributed by atoms with E-state index in [2.05, 4.69) is 38.8 Å². The molecular weight excluding hydrogens is 582 g/mol. The van der Waals surface area contributed by atoms with Crippen LogP contribution >= 0.6 is 11.6 Å². The Kier molecular flexibility index (Phi) is 13.0. The molecule has 3 aromatic carbocycles. The van der Waals surface area contributed by atoms with Crippen molar-refractivity contribution in [2.45, 2.75) is 32.2 Å². The number of hydrazone groups is 1. The fraction of sp³-hybridized carbons (Fsp3) is 0.188. The van der Waals surface area contributed by atoms with Crippen LogP contribution in [0.4, 0.5) is 21.9 Å². The molecule has 3 amide bonds. The minimum absolute atomic E-state index is 0.326. The zero-order valence-electron chi connectivity index (χ0n) is 24.5. The molecule has 3 aromatic rings. The molecule has 12 heteroatoms. The summed E-state index contributed by atoms with van der Waals surface area (Å²) in [5.74, 6) is 10.9. The summed E-state index contributed by atoms with van der Waals surface area (Å²) in [7, 11) is 1.27. The number of unbranched alkanes of at least 4 members (excludes halogenated alkanes) is 1. The van der Waals surface area contributed by atoms with Crippen molar-refractivity contribution in [2.24, 2.45) is 16.8 Å². The van der Waals surface area contributed by atoms with E-state index in [0.717, 1.165) is 29.5 Å². The number of nitrogens with one attached hydrogen (secondary N) is 3. The predicted molar refractivity (Wildman–Crippen MR) is 177 cm³/mol. The molecule has 0 aliphatic heterocycles. The second-order valence-corrected chi connectivity index (χ2v) is 9.97. The van der Waals surface area contributed by atoms with Crippen LogP contribution in [0.1, 0.15) is 43.4 Å². The highest BCUT2D eigenvalue weighted by molar-refractivity contribution is 6.30. The zero-order valence-corrected chi connectivity index (χ0v) is 25.3. The number of amides is 3. The Morgan fingerprint density at radius 2 is 1.93 bits per heavy atom.